The number of nitrogens with zero attached hydrogens (tertiary/aromatic N) is 1. The molecule has 1 N–H and O–H groups in total. The molecule has 0 unspecified atom stereocenters. The zero-order valence-corrected chi connectivity index (χ0v) is 11.2. The van der Waals surface area contributed by atoms with E-state index in [0.717, 1.165) is 0 Å². The number of rotatable bonds is 4. The zero-order valence-electron chi connectivity index (χ0n) is 11.2. The van der Waals surface area contributed by atoms with Gasteiger partial charge in [-0.3, -0.25) is 14.9 Å². The first kappa shape index (κ1) is 14.6. The van der Waals surface area contributed by atoms with Crippen LogP contribution < -0.4 is 5.32 Å². The van der Waals surface area contributed by atoms with Gasteiger partial charge in [-0.15, -0.1) is 0 Å². The number of nitro benzene ring substituents is 1. The molecule has 108 valence electrons. The molecular formula is C15H13FN2O3. The van der Waals surface area contributed by atoms with Crippen molar-refractivity contribution in [3.63, 3.8) is 0 Å². The van der Waals surface area contributed by atoms with E-state index in [9.17, 15) is 19.3 Å². The molecule has 0 aliphatic rings. The van der Waals surface area contributed by atoms with Crippen LogP contribution in [0.5, 0.6) is 0 Å². The summed E-state index contributed by atoms with van der Waals surface area (Å²) in [4.78, 5) is 22.2. The van der Waals surface area contributed by atoms with Gasteiger partial charge in [0.1, 0.15) is 5.82 Å². The molecule has 0 aromatic heterocycles. The fourth-order valence-corrected chi connectivity index (χ4v) is 1.85. The molecule has 21 heavy (non-hydrogen) atoms. The van der Waals surface area contributed by atoms with Crippen LogP contribution in [0.3, 0.4) is 0 Å². The maximum Gasteiger partial charge on any atom is 0.269 e. The summed E-state index contributed by atoms with van der Waals surface area (Å²) in [7, 11) is 0. The van der Waals surface area contributed by atoms with Crippen molar-refractivity contribution in [1.82, 2.24) is 0 Å². The Labute approximate surface area is 120 Å². The smallest absolute Gasteiger partial charge is 0.269 e. The minimum Gasteiger partial charge on any atom is -0.325 e. The summed E-state index contributed by atoms with van der Waals surface area (Å²) in [6.07, 6.45) is 0. The molecule has 0 aliphatic heterocycles. The van der Waals surface area contributed by atoms with Crippen molar-refractivity contribution < 1.29 is 14.1 Å². The number of carbonyl (C=O) groups excluding carboxylic acids is 1. The number of amides is 1. The van der Waals surface area contributed by atoms with Crippen molar-refractivity contribution in [3.8, 4) is 0 Å². The Bertz CT molecular complexity index is 671. The number of hydrogen-bond acceptors (Lipinski definition) is 3. The number of non-ortho nitro benzene ring substituents is 1. The van der Waals surface area contributed by atoms with Gasteiger partial charge in [0.2, 0.25) is 5.91 Å². The first-order valence-electron chi connectivity index (χ1n) is 6.28. The van der Waals surface area contributed by atoms with Gasteiger partial charge >= 0.3 is 0 Å². The Morgan fingerprint density at radius 2 is 1.90 bits per heavy atom. The minimum absolute atomic E-state index is 0.0310. The minimum atomic E-state index is -0.505. The molecule has 0 heterocycles. The van der Waals surface area contributed by atoms with Gasteiger partial charge in [0.15, 0.2) is 0 Å². The van der Waals surface area contributed by atoms with Crippen molar-refractivity contribution in [2.75, 3.05) is 5.32 Å². The third-order valence-electron chi connectivity index (χ3n) is 3.09. The molecule has 1 amide bonds. The van der Waals surface area contributed by atoms with E-state index in [1.807, 2.05) is 0 Å². The summed E-state index contributed by atoms with van der Waals surface area (Å²) >= 11 is 0. The van der Waals surface area contributed by atoms with Gasteiger partial charge in [-0.05, 0) is 30.7 Å². The maximum atomic E-state index is 13.0. The van der Waals surface area contributed by atoms with Crippen LogP contribution in [-0.4, -0.2) is 10.8 Å². The molecule has 5 nitrogen and oxygen atoms in total. The van der Waals surface area contributed by atoms with Crippen LogP contribution in [0.25, 0.3) is 0 Å². The summed E-state index contributed by atoms with van der Waals surface area (Å²) < 4.78 is 13.0. The van der Waals surface area contributed by atoms with Crippen LogP contribution in [0, 0.1) is 15.9 Å². The fraction of sp³-hybridized carbons (Fsp3) is 0.133. The van der Waals surface area contributed by atoms with Gasteiger partial charge in [0.25, 0.3) is 5.69 Å². The molecule has 2 rings (SSSR count). The lowest BCUT2D eigenvalue weighted by Crippen LogP contribution is -2.18. The number of hydrogen-bond donors (Lipinski definition) is 1. The van der Waals surface area contributed by atoms with Crippen LogP contribution in [0.4, 0.5) is 15.8 Å². The molecule has 0 bridgehead atoms. The van der Waals surface area contributed by atoms with Crippen molar-refractivity contribution in [2.45, 2.75) is 12.8 Å². The standard InChI is InChI=1S/C15H13FN2O3/c1-10(11-5-7-14(8-6-11)18(20)21)15(19)17-13-4-2-3-12(16)9-13/h2-10H,1H3,(H,17,19)/t10-/m0/s1. The molecule has 0 saturated heterocycles. The van der Waals surface area contributed by atoms with Crippen LogP contribution in [-0.2, 0) is 4.79 Å². The first-order valence-corrected chi connectivity index (χ1v) is 6.28. The van der Waals surface area contributed by atoms with E-state index < -0.39 is 16.7 Å². The third kappa shape index (κ3) is 3.62. The molecule has 2 aromatic rings. The SMILES string of the molecule is C[C@H](C(=O)Nc1cccc(F)c1)c1ccc([N+](=O)[O-])cc1. The van der Waals surface area contributed by atoms with Crippen LogP contribution in [0.2, 0.25) is 0 Å². The van der Waals surface area contributed by atoms with E-state index in [-0.39, 0.29) is 11.6 Å². The van der Waals surface area contributed by atoms with Gasteiger partial charge in [0, 0.05) is 17.8 Å². The molecule has 0 spiro atoms. The van der Waals surface area contributed by atoms with Crippen molar-refractivity contribution in [1.29, 1.82) is 0 Å². The predicted molar refractivity (Wildman–Crippen MR) is 76.5 cm³/mol. The molecule has 0 saturated carbocycles. The van der Waals surface area contributed by atoms with Crippen LogP contribution in [0.15, 0.2) is 48.5 Å². The lowest BCUT2D eigenvalue weighted by molar-refractivity contribution is -0.384. The van der Waals surface area contributed by atoms with E-state index in [2.05, 4.69) is 5.32 Å². The second kappa shape index (κ2) is 6.13. The van der Waals surface area contributed by atoms with Gasteiger partial charge in [0.05, 0.1) is 10.8 Å². The number of nitro groups is 1. The summed E-state index contributed by atoms with van der Waals surface area (Å²) in [6, 6.07) is 11.4. The third-order valence-corrected chi connectivity index (χ3v) is 3.09. The number of halogens is 1. The Morgan fingerprint density at radius 3 is 2.48 bits per heavy atom. The normalized spacial score (nSPS) is 11.7. The van der Waals surface area contributed by atoms with Crippen molar-refractivity contribution >= 4 is 17.3 Å². The lowest BCUT2D eigenvalue weighted by atomic mass is 10.00. The number of nitrogens with one attached hydrogen (secondary N) is 1. The predicted octanol–water partition coefficient (Wildman–Crippen LogP) is 3.48. The Balaban J connectivity index is 2.10. The monoisotopic (exact) mass is 288 g/mol. The topological polar surface area (TPSA) is 72.2 Å². The molecule has 0 fully saturated rings. The van der Waals surface area contributed by atoms with Crippen LogP contribution >= 0.6 is 0 Å². The highest BCUT2D eigenvalue weighted by molar-refractivity contribution is 5.95. The highest BCUT2D eigenvalue weighted by Gasteiger charge is 2.16. The van der Waals surface area contributed by atoms with E-state index in [1.165, 1.54) is 42.5 Å². The van der Waals surface area contributed by atoms with Gasteiger partial charge < -0.3 is 5.32 Å². The van der Waals surface area contributed by atoms with Crippen molar-refractivity contribution in [3.05, 3.63) is 70.0 Å². The molecule has 1 atom stereocenters. The maximum absolute atomic E-state index is 13.0. The molecular weight excluding hydrogens is 275 g/mol. The summed E-state index contributed by atoms with van der Waals surface area (Å²) in [5, 5.41) is 13.2. The van der Waals surface area contributed by atoms with Gasteiger partial charge in [-0.1, -0.05) is 18.2 Å². The summed E-state index contributed by atoms with van der Waals surface area (Å²) in [6.45, 7) is 1.68. The van der Waals surface area contributed by atoms with Gasteiger partial charge in [-0.2, -0.15) is 0 Å². The Morgan fingerprint density at radius 1 is 1.24 bits per heavy atom. The summed E-state index contributed by atoms with van der Waals surface area (Å²) in [5.74, 6) is -1.25. The summed E-state index contributed by atoms with van der Waals surface area (Å²) in [5.41, 5.74) is 0.986. The number of carbonyl (C=O) groups is 1. The van der Waals surface area contributed by atoms with E-state index in [1.54, 1.807) is 13.0 Å². The molecule has 2 aromatic carbocycles. The highest BCUT2D eigenvalue weighted by atomic mass is 19.1. The van der Waals surface area contributed by atoms with E-state index in [4.69, 9.17) is 0 Å². The Kier molecular flexibility index (Phi) is 4.27. The molecule has 0 aliphatic carbocycles. The van der Waals surface area contributed by atoms with E-state index >= 15 is 0 Å². The second-order valence-corrected chi connectivity index (χ2v) is 4.57. The molecule has 0 radical (unpaired) electrons. The van der Waals surface area contributed by atoms with E-state index in [0.29, 0.717) is 11.3 Å². The highest BCUT2D eigenvalue weighted by Crippen LogP contribution is 2.21. The van der Waals surface area contributed by atoms with Gasteiger partial charge in [-0.25, -0.2) is 4.39 Å². The molecule has 6 heteroatoms. The Hall–Kier alpha value is -2.76. The number of benzene rings is 2. The van der Waals surface area contributed by atoms with Crippen molar-refractivity contribution in [2.24, 2.45) is 0 Å². The number of anilines is 1. The average Bonchev–Trinajstić information content (AvgIpc) is 2.46. The first-order chi connectivity index (χ1) is 9.97. The quantitative estimate of drug-likeness (QED) is 0.691. The lowest BCUT2D eigenvalue weighted by Gasteiger charge is -2.12. The largest absolute Gasteiger partial charge is 0.325 e. The fourth-order valence-electron chi connectivity index (χ4n) is 1.85. The second-order valence-electron chi connectivity index (χ2n) is 4.57. The zero-order chi connectivity index (χ0) is 15.4. The average molecular weight is 288 g/mol. The van der Waals surface area contributed by atoms with Crippen LogP contribution in [0.1, 0.15) is 18.4 Å².